The number of hydrogen-bond donors (Lipinski definition) is 0. The van der Waals surface area contributed by atoms with Crippen molar-refractivity contribution in [3.8, 4) is 0 Å². The molecular weight excluding hydrogens is 274 g/mol. The lowest BCUT2D eigenvalue weighted by Crippen LogP contribution is -2.43. The number of nitrogens with zero attached hydrogens (tertiary/aromatic N) is 1. The van der Waals surface area contributed by atoms with E-state index in [1.54, 1.807) is 11.8 Å². The number of esters is 1. The van der Waals surface area contributed by atoms with Crippen molar-refractivity contribution in [2.24, 2.45) is 0 Å². The van der Waals surface area contributed by atoms with Crippen LogP contribution in [0.2, 0.25) is 0 Å². The number of carbonyl (C=O) groups excluding carboxylic acids is 2. The first-order chi connectivity index (χ1) is 9.81. The number of ether oxygens (including phenoxy) is 3. The van der Waals surface area contributed by atoms with E-state index in [4.69, 9.17) is 14.2 Å². The van der Waals surface area contributed by atoms with Crippen molar-refractivity contribution < 1.29 is 23.8 Å². The van der Waals surface area contributed by atoms with Gasteiger partial charge in [-0.2, -0.15) is 0 Å². The van der Waals surface area contributed by atoms with Crippen LogP contribution in [0.1, 0.15) is 47.0 Å². The largest absolute Gasteiger partial charge is 0.466 e. The highest BCUT2D eigenvalue weighted by atomic mass is 16.6. The molecule has 0 aromatic carbocycles. The van der Waals surface area contributed by atoms with Crippen LogP contribution in [0.5, 0.6) is 0 Å². The Morgan fingerprint density at radius 2 is 1.81 bits per heavy atom. The van der Waals surface area contributed by atoms with Crippen molar-refractivity contribution >= 4 is 12.1 Å². The summed E-state index contributed by atoms with van der Waals surface area (Å²) in [5.74, 6) is -0.233. The molecule has 0 spiro atoms. The molecule has 1 amide bonds. The molecule has 6 heteroatoms. The molecule has 1 aliphatic rings. The lowest BCUT2D eigenvalue weighted by molar-refractivity contribution is -0.144. The molecule has 6 nitrogen and oxygen atoms in total. The zero-order valence-electron chi connectivity index (χ0n) is 13.5. The number of rotatable bonds is 5. The van der Waals surface area contributed by atoms with Crippen LogP contribution in [0, 0.1) is 0 Å². The Hall–Kier alpha value is -1.30. The molecule has 0 aromatic rings. The van der Waals surface area contributed by atoms with Crippen LogP contribution in [-0.2, 0) is 19.0 Å². The first kappa shape index (κ1) is 17.8. The summed E-state index contributed by atoms with van der Waals surface area (Å²) in [5.41, 5.74) is -0.468. The van der Waals surface area contributed by atoms with E-state index in [2.05, 4.69) is 0 Å². The van der Waals surface area contributed by atoms with E-state index in [1.807, 2.05) is 20.8 Å². The Morgan fingerprint density at radius 3 is 2.33 bits per heavy atom. The van der Waals surface area contributed by atoms with Crippen LogP contribution in [0.25, 0.3) is 0 Å². The lowest BCUT2D eigenvalue weighted by Gasteiger charge is -2.33. The van der Waals surface area contributed by atoms with Crippen LogP contribution in [0.3, 0.4) is 0 Å². The second kappa shape index (κ2) is 8.22. The van der Waals surface area contributed by atoms with Gasteiger partial charge in [0.15, 0.2) is 0 Å². The third-order valence-electron chi connectivity index (χ3n) is 3.06. The fourth-order valence-corrected chi connectivity index (χ4v) is 2.07. The van der Waals surface area contributed by atoms with Crippen LogP contribution >= 0.6 is 0 Å². The molecule has 1 aliphatic heterocycles. The van der Waals surface area contributed by atoms with Gasteiger partial charge in [0.25, 0.3) is 0 Å². The Kier molecular flexibility index (Phi) is 6.95. The van der Waals surface area contributed by atoms with Crippen LogP contribution in [0.15, 0.2) is 0 Å². The summed E-state index contributed by atoms with van der Waals surface area (Å²) in [6.45, 7) is 9.37. The second-order valence-corrected chi connectivity index (χ2v) is 6.09. The van der Waals surface area contributed by atoms with Crippen LogP contribution in [0.4, 0.5) is 4.79 Å². The van der Waals surface area contributed by atoms with Crippen molar-refractivity contribution in [2.75, 3.05) is 26.3 Å². The standard InChI is InChI=1S/C15H27NO5/c1-5-19-13(17)8-11-20-12-6-9-16(10-7-12)14(18)21-15(2,3)4/h12H,5-11H2,1-4H3. The summed E-state index contributed by atoms with van der Waals surface area (Å²) in [5, 5.41) is 0. The molecule has 21 heavy (non-hydrogen) atoms. The van der Waals surface area contributed by atoms with E-state index >= 15 is 0 Å². The zero-order chi connectivity index (χ0) is 15.9. The molecule has 0 unspecified atom stereocenters. The van der Waals surface area contributed by atoms with Gasteiger partial charge in [0, 0.05) is 13.1 Å². The quantitative estimate of drug-likeness (QED) is 0.729. The Morgan fingerprint density at radius 1 is 1.19 bits per heavy atom. The highest BCUT2D eigenvalue weighted by Crippen LogP contribution is 2.17. The van der Waals surface area contributed by atoms with Crippen LogP contribution in [-0.4, -0.2) is 55.0 Å². The van der Waals surface area contributed by atoms with Crippen LogP contribution < -0.4 is 0 Å². The van der Waals surface area contributed by atoms with Gasteiger partial charge in [0.05, 0.1) is 25.7 Å². The number of hydrogen-bond acceptors (Lipinski definition) is 5. The van der Waals surface area contributed by atoms with E-state index < -0.39 is 5.60 Å². The Labute approximate surface area is 126 Å². The summed E-state index contributed by atoms with van der Waals surface area (Å²) in [6, 6.07) is 0. The van der Waals surface area contributed by atoms with Gasteiger partial charge in [-0.3, -0.25) is 4.79 Å². The zero-order valence-corrected chi connectivity index (χ0v) is 13.5. The van der Waals surface area contributed by atoms with Gasteiger partial charge in [-0.05, 0) is 40.5 Å². The van der Waals surface area contributed by atoms with Gasteiger partial charge in [0.2, 0.25) is 0 Å². The molecule has 1 saturated heterocycles. The second-order valence-electron chi connectivity index (χ2n) is 6.09. The Bertz CT molecular complexity index is 342. The summed E-state index contributed by atoms with van der Waals surface area (Å²) < 4.78 is 15.8. The molecule has 0 aliphatic carbocycles. The number of piperidine rings is 1. The first-order valence-corrected chi connectivity index (χ1v) is 7.57. The van der Waals surface area contributed by atoms with Gasteiger partial charge in [-0.25, -0.2) is 4.79 Å². The third kappa shape index (κ3) is 7.32. The smallest absolute Gasteiger partial charge is 0.410 e. The monoisotopic (exact) mass is 301 g/mol. The van der Waals surface area contributed by atoms with E-state index in [9.17, 15) is 9.59 Å². The Balaban J connectivity index is 2.20. The molecule has 1 fully saturated rings. The minimum absolute atomic E-state index is 0.0955. The van der Waals surface area contributed by atoms with Gasteiger partial charge in [-0.15, -0.1) is 0 Å². The van der Waals surface area contributed by atoms with E-state index in [1.165, 1.54) is 0 Å². The minimum Gasteiger partial charge on any atom is -0.466 e. The average molecular weight is 301 g/mol. The van der Waals surface area contributed by atoms with Crippen molar-refractivity contribution in [3.63, 3.8) is 0 Å². The number of likely N-dealkylation sites (tertiary alicyclic amines) is 1. The highest BCUT2D eigenvalue weighted by Gasteiger charge is 2.27. The molecule has 0 radical (unpaired) electrons. The molecule has 1 rings (SSSR count). The van der Waals surface area contributed by atoms with Crippen molar-refractivity contribution in [1.29, 1.82) is 0 Å². The normalized spacial score (nSPS) is 16.7. The molecule has 0 N–H and O–H groups in total. The van der Waals surface area contributed by atoms with Gasteiger partial charge in [-0.1, -0.05) is 0 Å². The lowest BCUT2D eigenvalue weighted by atomic mass is 10.1. The first-order valence-electron chi connectivity index (χ1n) is 7.57. The highest BCUT2D eigenvalue weighted by molar-refractivity contribution is 5.69. The van der Waals surface area contributed by atoms with E-state index in [-0.39, 0.29) is 24.6 Å². The molecule has 0 atom stereocenters. The molecule has 0 saturated carbocycles. The summed E-state index contributed by atoms with van der Waals surface area (Å²) >= 11 is 0. The molecule has 0 bridgehead atoms. The average Bonchev–Trinajstić information content (AvgIpc) is 2.38. The van der Waals surface area contributed by atoms with E-state index in [0.29, 0.717) is 26.3 Å². The van der Waals surface area contributed by atoms with Gasteiger partial charge >= 0.3 is 12.1 Å². The van der Waals surface area contributed by atoms with Crippen molar-refractivity contribution in [1.82, 2.24) is 4.90 Å². The summed E-state index contributed by atoms with van der Waals surface area (Å²) in [7, 11) is 0. The van der Waals surface area contributed by atoms with Crippen molar-refractivity contribution in [2.45, 2.75) is 58.7 Å². The van der Waals surface area contributed by atoms with Gasteiger partial charge in [0.1, 0.15) is 5.60 Å². The molecule has 0 aromatic heterocycles. The van der Waals surface area contributed by atoms with Gasteiger partial charge < -0.3 is 19.1 Å². The predicted molar refractivity (Wildman–Crippen MR) is 78.0 cm³/mol. The minimum atomic E-state index is -0.468. The number of carbonyl (C=O) groups is 2. The maximum Gasteiger partial charge on any atom is 0.410 e. The summed E-state index contributed by atoms with van der Waals surface area (Å²) in [4.78, 5) is 24.8. The topological polar surface area (TPSA) is 65.1 Å². The maximum atomic E-state index is 11.9. The van der Waals surface area contributed by atoms with E-state index in [0.717, 1.165) is 12.8 Å². The van der Waals surface area contributed by atoms with Crippen molar-refractivity contribution in [3.05, 3.63) is 0 Å². The summed E-state index contributed by atoms with van der Waals surface area (Å²) in [6.07, 6.45) is 1.63. The number of amides is 1. The fourth-order valence-electron chi connectivity index (χ4n) is 2.07. The maximum absolute atomic E-state index is 11.9. The molecule has 122 valence electrons. The molecule has 1 heterocycles. The molecular formula is C15H27NO5. The SMILES string of the molecule is CCOC(=O)CCOC1CCN(C(=O)OC(C)(C)C)CC1. The fraction of sp³-hybridized carbons (Fsp3) is 0.867. The third-order valence-corrected chi connectivity index (χ3v) is 3.06. The predicted octanol–water partition coefficient (Wildman–Crippen LogP) is 2.36.